The normalized spacial score (nSPS) is 18.6. The zero-order valence-electron chi connectivity index (χ0n) is 12.2. The van der Waals surface area contributed by atoms with Crippen molar-refractivity contribution in [3.63, 3.8) is 0 Å². The fourth-order valence-corrected chi connectivity index (χ4v) is 2.76. The van der Waals surface area contributed by atoms with Crippen LogP contribution in [0, 0.1) is 13.8 Å². The molecule has 1 saturated heterocycles. The van der Waals surface area contributed by atoms with E-state index >= 15 is 0 Å². The van der Waals surface area contributed by atoms with Gasteiger partial charge in [0.15, 0.2) is 0 Å². The number of nitrogens with one attached hydrogen (secondary N) is 1. The molecule has 0 radical (unpaired) electrons. The van der Waals surface area contributed by atoms with Gasteiger partial charge >= 0.3 is 11.7 Å². The van der Waals surface area contributed by atoms with Gasteiger partial charge < -0.3 is 15.0 Å². The second-order valence-corrected chi connectivity index (χ2v) is 5.34. The van der Waals surface area contributed by atoms with Crippen molar-refractivity contribution in [3.05, 3.63) is 27.4 Å². The number of aromatic amines is 1. The number of H-pyrrole nitrogens is 1. The molecule has 0 saturated carbocycles. The highest BCUT2D eigenvalue weighted by Crippen LogP contribution is 2.19. The monoisotopic (exact) mass is 293 g/mol. The van der Waals surface area contributed by atoms with Crippen LogP contribution in [0.25, 0.3) is 0 Å². The Kier molecular flexibility index (Phi) is 4.40. The highest BCUT2D eigenvalue weighted by Gasteiger charge is 2.32. The Morgan fingerprint density at radius 3 is 2.71 bits per heavy atom. The molecule has 1 fully saturated rings. The Balaban J connectivity index is 2.21. The number of aliphatic carboxylic acids is 1. The van der Waals surface area contributed by atoms with Gasteiger partial charge in [-0.25, -0.2) is 9.59 Å². The average molecular weight is 293 g/mol. The zero-order chi connectivity index (χ0) is 15.6. The van der Waals surface area contributed by atoms with Crippen LogP contribution in [0.15, 0.2) is 4.79 Å². The van der Waals surface area contributed by atoms with Gasteiger partial charge in [0.2, 0.25) is 5.91 Å². The highest BCUT2D eigenvalue weighted by atomic mass is 16.4. The second-order valence-electron chi connectivity index (χ2n) is 5.34. The third kappa shape index (κ3) is 3.29. The van der Waals surface area contributed by atoms with Crippen LogP contribution in [0.1, 0.15) is 36.2 Å². The summed E-state index contributed by atoms with van der Waals surface area (Å²) < 4.78 is 0. The SMILES string of the molecule is Cc1nc(=O)[nH]c(C)c1CC(=O)N1CCCC[C@H]1C(=O)O. The summed E-state index contributed by atoms with van der Waals surface area (Å²) >= 11 is 0. The fourth-order valence-electron chi connectivity index (χ4n) is 2.76. The third-order valence-corrected chi connectivity index (χ3v) is 3.89. The number of carbonyl (C=O) groups excluding carboxylic acids is 1. The number of aryl methyl sites for hydroxylation is 2. The van der Waals surface area contributed by atoms with E-state index in [0.717, 1.165) is 12.8 Å². The first-order valence-electron chi connectivity index (χ1n) is 6.99. The van der Waals surface area contributed by atoms with Gasteiger partial charge in [-0.2, -0.15) is 4.98 Å². The maximum Gasteiger partial charge on any atom is 0.345 e. The van der Waals surface area contributed by atoms with Gasteiger partial charge in [-0.1, -0.05) is 0 Å². The number of rotatable bonds is 3. The Morgan fingerprint density at radius 1 is 1.38 bits per heavy atom. The molecule has 0 bridgehead atoms. The molecule has 7 heteroatoms. The first kappa shape index (κ1) is 15.2. The van der Waals surface area contributed by atoms with E-state index in [1.165, 1.54) is 4.90 Å². The summed E-state index contributed by atoms with van der Waals surface area (Å²) in [5.41, 5.74) is 1.33. The van der Waals surface area contributed by atoms with Crippen LogP contribution in [0.5, 0.6) is 0 Å². The van der Waals surface area contributed by atoms with Crippen LogP contribution in [0.4, 0.5) is 0 Å². The maximum absolute atomic E-state index is 12.4. The molecule has 0 aromatic carbocycles. The molecule has 0 spiro atoms. The van der Waals surface area contributed by atoms with Crippen LogP contribution in [-0.4, -0.2) is 44.4 Å². The van der Waals surface area contributed by atoms with E-state index in [9.17, 15) is 19.5 Å². The molecule has 1 amide bonds. The van der Waals surface area contributed by atoms with E-state index in [2.05, 4.69) is 9.97 Å². The number of piperidine rings is 1. The second kappa shape index (κ2) is 6.07. The van der Waals surface area contributed by atoms with E-state index in [4.69, 9.17) is 0 Å². The van der Waals surface area contributed by atoms with Gasteiger partial charge in [-0.15, -0.1) is 0 Å². The number of likely N-dealkylation sites (tertiary alicyclic amines) is 1. The first-order valence-corrected chi connectivity index (χ1v) is 6.99. The lowest BCUT2D eigenvalue weighted by Crippen LogP contribution is -2.48. The summed E-state index contributed by atoms with van der Waals surface area (Å²) in [5.74, 6) is -1.20. The van der Waals surface area contributed by atoms with Crippen molar-refractivity contribution in [3.8, 4) is 0 Å². The van der Waals surface area contributed by atoms with Crippen LogP contribution in [-0.2, 0) is 16.0 Å². The molecule has 0 aliphatic carbocycles. The smallest absolute Gasteiger partial charge is 0.345 e. The Hall–Kier alpha value is -2.18. The first-order chi connectivity index (χ1) is 9.90. The molecule has 1 aromatic heterocycles. The molecule has 2 rings (SSSR count). The number of aromatic nitrogens is 2. The lowest BCUT2D eigenvalue weighted by Gasteiger charge is -2.33. The minimum Gasteiger partial charge on any atom is -0.480 e. The highest BCUT2D eigenvalue weighted by molar-refractivity contribution is 5.85. The van der Waals surface area contributed by atoms with Crippen molar-refractivity contribution in [2.24, 2.45) is 0 Å². The molecule has 1 atom stereocenters. The standard InChI is InChI=1S/C14H19N3O4/c1-8-10(9(2)16-14(21)15-8)7-12(18)17-6-4-3-5-11(17)13(19)20/h11H,3-7H2,1-2H3,(H,19,20)(H,15,16,21)/t11-/m0/s1. The summed E-state index contributed by atoms with van der Waals surface area (Å²) in [5, 5.41) is 9.22. The van der Waals surface area contributed by atoms with Crippen molar-refractivity contribution >= 4 is 11.9 Å². The van der Waals surface area contributed by atoms with Crippen molar-refractivity contribution in [2.45, 2.75) is 45.6 Å². The number of nitrogens with zero attached hydrogens (tertiary/aromatic N) is 2. The summed E-state index contributed by atoms with van der Waals surface area (Å²) in [6.45, 7) is 3.85. The minimum atomic E-state index is -0.962. The molecule has 1 aromatic rings. The van der Waals surface area contributed by atoms with Gasteiger partial charge in [0, 0.05) is 23.5 Å². The molecule has 1 aliphatic heterocycles. The van der Waals surface area contributed by atoms with Crippen molar-refractivity contribution < 1.29 is 14.7 Å². The van der Waals surface area contributed by atoms with E-state index in [0.29, 0.717) is 29.9 Å². The molecule has 2 N–H and O–H groups in total. The quantitative estimate of drug-likeness (QED) is 0.839. The molecule has 2 heterocycles. The van der Waals surface area contributed by atoms with Crippen molar-refractivity contribution in [2.75, 3.05) is 6.54 Å². The van der Waals surface area contributed by atoms with Crippen LogP contribution in [0.3, 0.4) is 0 Å². The summed E-state index contributed by atoms with van der Waals surface area (Å²) in [6.07, 6.45) is 2.19. The predicted molar refractivity (Wildman–Crippen MR) is 75.0 cm³/mol. The number of amides is 1. The Bertz CT molecular complexity index is 597. The molecule has 114 valence electrons. The molecule has 21 heavy (non-hydrogen) atoms. The largest absolute Gasteiger partial charge is 0.480 e. The average Bonchev–Trinajstić information content (AvgIpc) is 2.42. The predicted octanol–water partition coefficient (Wildman–Crippen LogP) is 0.395. The number of carbonyl (C=O) groups is 2. The molecular weight excluding hydrogens is 274 g/mol. The van der Waals surface area contributed by atoms with E-state index in [1.807, 2.05) is 0 Å². The number of hydrogen-bond donors (Lipinski definition) is 2. The lowest BCUT2D eigenvalue weighted by molar-refractivity contribution is -0.151. The van der Waals surface area contributed by atoms with Gasteiger partial charge in [0.25, 0.3) is 0 Å². The Labute approximate surface area is 122 Å². The molecule has 0 unspecified atom stereocenters. The van der Waals surface area contributed by atoms with Crippen LogP contribution < -0.4 is 5.69 Å². The third-order valence-electron chi connectivity index (χ3n) is 3.89. The van der Waals surface area contributed by atoms with E-state index < -0.39 is 17.7 Å². The molecule has 1 aliphatic rings. The van der Waals surface area contributed by atoms with Crippen molar-refractivity contribution in [1.82, 2.24) is 14.9 Å². The summed E-state index contributed by atoms with van der Waals surface area (Å²) in [6, 6.07) is -0.748. The van der Waals surface area contributed by atoms with Gasteiger partial charge in [0.05, 0.1) is 6.42 Å². The van der Waals surface area contributed by atoms with Gasteiger partial charge in [-0.05, 0) is 33.1 Å². The maximum atomic E-state index is 12.4. The summed E-state index contributed by atoms with van der Waals surface area (Å²) in [4.78, 5) is 42.7. The lowest BCUT2D eigenvalue weighted by atomic mass is 10.0. The minimum absolute atomic E-state index is 0.0607. The summed E-state index contributed by atoms with van der Waals surface area (Å²) in [7, 11) is 0. The molecule has 7 nitrogen and oxygen atoms in total. The van der Waals surface area contributed by atoms with E-state index in [1.54, 1.807) is 13.8 Å². The fraction of sp³-hybridized carbons (Fsp3) is 0.571. The zero-order valence-corrected chi connectivity index (χ0v) is 12.2. The topological polar surface area (TPSA) is 103 Å². The van der Waals surface area contributed by atoms with Crippen LogP contribution >= 0.6 is 0 Å². The number of hydrogen-bond acceptors (Lipinski definition) is 4. The van der Waals surface area contributed by atoms with Gasteiger partial charge in [-0.3, -0.25) is 4.79 Å². The number of carboxylic acids is 1. The van der Waals surface area contributed by atoms with E-state index in [-0.39, 0.29) is 12.3 Å². The molecular formula is C14H19N3O4. The van der Waals surface area contributed by atoms with Crippen molar-refractivity contribution in [1.29, 1.82) is 0 Å². The van der Waals surface area contributed by atoms with Gasteiger partial charge in [0.1, 0.15) is 6.04 Å². The van der Waals surface area contributed by atoms with Crippen LogP contribution in [0.2, 0.25) is 0 Å². The number of carboxylic acid groups (broad SMARTS) is 1. The Morgan fingerprint density at radius 2 is 2.10 bits per heavy atom.